The second kappa shape index (κ2) is 4.39. The summed E-state index contributed by atoms with van der Waals surface area (Å²) in [5.74, 6) is -0.890. The number of β-amino-alcohol motifs (C(OH)–C–C–N with tert-alkyl or cyclic N) is 1. The second-order valence-corrected chi connectivity index (χ2v) is 3.33. The first-order chi connectivity index (χ1) is 6.56. The van der Waals surface area contributed by atoms with Crippen LogP contribution in [-0.4, -0.2) is 54.1 Å². The zero-order chi connectivity index (χ0) is 10.7. The number of nitrogens with two attached hydrogens (primary N) is 1. The standard InChI is InChI=1S/C8H15N3O3/c1-10-5-2-3-11(8(5)14)4-6(12)7(9)13/h5-6,10,12H,2-4H2,1H3,(H2,9,13). The molecule has 1 aliphatic heterocycles. The lowest BCUT2D eigenvalue weighted by atomic mass is 10.2. The van der Waals surface area contributed by atoms with Crippen LogP contribution in [0.2, 0.25) is 0 Å². The van der Waals surface area contributed by atoms with Gasteiger partial charge in [0.15, 0.2) is 0 Å². The summed E-state index contributed by atoms with van der Waals surface area (Å²) in [7, 11) is 1.70. The van der Waals surface area contributed by atoms with Crippen LogP contribution in [0.1, 0.15) is 6.42 Å². The van der Waals surface area contributed by atoms with E-state index in [2.05, 4.69) is 5.32 Å². The van der Waals surface area contributed by atoms with Crippen molar-refractivity contribution in [3.63, 3.8) is 0 Å². The number of carbonyl (C=O) groups excluding carboxylic acids is 2. The van der Waals surface area contributed by atoms with Gasteiger partial charge in [-0.25, -0.2) is 0 Å². The summed E-state index contributed by atoms with van der Waals surface area (Å²) >= 11 is 0. The number of hydrogen-bond donors (Lipinski definition) is 3. The lowest BCUT2D eigenvalue weighted by Crippen LogP contribution is -2.43. The molecule has 0 aromatic heterocycles. The van der Waals surface area contributed by atoms with Crippen LogP contribution in [0.15, 0.2) is 0 Å². The Morgan fingerprint density at radius 1 is 1.86 bits per heavy atom. The average molecular weight is 201 g/mol. The number of nitrogens with one attached hydrogen (secondary N) is 1. The number of nitrogens with zero attached hydrogens (tertiary/aromatic N) is 1. The molecule has 1 fully saturated rings. The number of rotatable bonds is 4. The number of aliphatic hydroxyl groups excluding tert-OH is 1. The third-order valence-electron chi connectivity index (χ3n) is 2.37. The van der Waals surface area contributed by atoms with Crippen molar-refractivity contribution in [3.8, 4) is 0 Å². The summed E-state index contributed by atoms with van der Waals surface area (Å²) < 4.78 is 0. The van der Waals surface area contributed by atoms with Gasteiger partial charge in [-0.3, -0.25) is 9.59 Å². The minimum Gasteiger partial charge on any atom is -0.381 e. The first-order valence-electron chi connectivity index (χ1n) is 4.49. The molecule has 4 N–H and O–H groups in total. The summed E-state index contributed by atoms with van der Waals surface area (Å²) in [4.78, 5) is 23.5. The molecule has 0 spiro atoms. The lowest BCUT2D eigenvalue weighted by Gasteiger charge is -2.18. The van der Waals surface area contributed by atoms with E-state index in [9.17, 15) is 14.7 Å². The highest BCUT2D eigenvalue weighted by molar-refractivity contribution is 5.85. The fraction of sp³-hybridized carbons (Fsp3) is 0.750. The van der Waals surface area contributed by atoms with Crippen molar-refractivity contribution in [1.82, 2.24) is 10.2 Å². The Kier molecular flexibility index (Phi) is 3.43. The molecule has 0 radical (unpaired) electrons. The number of likely N-dealkylation sites (N-methyl/N-ethyl adjacent to an activating group) is 1. The molecule has 1 rings (SSSR count). The van der Waals surface area contributed by atoms with Gasteiger partial charge in [0, 0.05) is 6.54 Å². The Balaban J connectivity index is 2.48. The largest absolute Gasteiger partial charge is 0.381 e. The minimum atomic E-state index is -1.27. The molecular formula is C8H15N3O3. The SMILES string of the molecule is CNC1CCN(CC(O)C(N)=O)C1=O. The van der Waals surface area contributed by atoms with Gasteiger partial charge in [0.1, 0.15) is 6.10 Å². The fourth-order valence-electron chi connectivity index (χ4n) is 1.49. The smallest absolute Gasteiger partial charge is 0.248 e. The minimum absolute atomic E-state index is 0.00759. The van der Waals surface area contributed by atoms with Gasteiger partial charge in [-0.1, -0.05) is 0 Å². The van der Waals surface area contributed by atoms with Crippen LogP contribution in [0.4, 0.5) is 0 Å². The van der Waals surface area contributed by atoms with E-state index in [4.69, 9.17) is 5.73 Å². The molecule has 0 aliphatic carbocycles. The summed E-state index contributed by atoms with van der Waals surface area (Å²) in [6.45, 7) is 0.543. The maximum absolute atomic E-state index is 11.5. The number of primary amides is 1. The molecule has 14 heavy (non-hydrogen) atoms. The molecule has 2 unspecified atom stereocenters. The number of aliphatic hydroxyl groups is 1. The van der Waals surface area contributed by atoms with Gasteiger partial charge in [-0.15, -0.1) is 0 Å². The van der Waals surface area contributed by atoms with Crippen LogP contribution in [0, 0.1) is 0 Å². The summed E-state index contributed by atoms with van der Waals surface area (Å²) in [6.07, 6.45) is -0.574. The maximum atomic E-state index is 11.5. The van der Waals surface area contributed by atoms with Gasteiger partial charge in [-0.2, -0.15) is 0 Å². The molecule has 0 saturated carbocycles. The van der Waals surface area contributed by atoms with Crippen LogP contribution >= 0.6 is 0 Å². The second-order valence-electron chi connectivity index (χ2n) is 3.33. The maximum Gasteiger partial charge on any atom is 0.248 e. The van der Waals surface area contributed by atoms with E-state index < -0.39 is 12.0 Å². The fourth-order valence-corrected chi connectivity index (χ4v) is 1.49. The van der Waals surface area contributed by atoms with Crippen molar-refractivity contribution < 1.29 is 14.7 Å². The van der Waals surface area contributed by atoms with Crippen LogP contribution in [-0.2, 0) is 9.59 Å². The van der Waals surface area contributed by atoms with Crippen LogP contribution < -0.4 is 11.1 Å². The molecule has 0 bridgehead atoms. The van der Waals surface area contributed by atoms with Gasteiger partial charge in [0.05, 0.1) is 12.6 Å². The Morgan fingerprint density at radius 3 is 2.93 bits per heavy atom. The van der Waals surface area contributed by atoms with Crippen molar-refractivity contribution in [2.45, 2.75) is 18.6 Å². The van der Waals surface area contributed by atoms with Gasteiger partial charge in [0.2, 0.25) is 11.8 Å². The molecule has 6 nitrogen and oxygen atoms in total. The molecule has 2 amide bonds. The van der Waals surface area contributed by atoms with Gasteiger partial charge in [-0.05, 0) is 13.5 Å². The number of amides is 2. The van der Waals surface area contributed by atoms with E-state index in [-0.39, 0.29) is 18.5 Å². The third kappa shape index (κ3) is 2.21. The Labute approximate surface area is 82.1 Å². The zero-order valence-corrected chi connectivity index (χ0v) is 8.06. The Bertz CT molecular complexity index is 244. The first-order valence-corrected chi connectivity index (χ1v) is 4.49. The molecule has 1 saturated heterocycles. The first kappa shape index (κ1) is 10.9. The highest BCUT2D eigenvalue weighted by Crippen LogP contribution is 2.10. The molecule has 1 aliphatic rings. The highest BCUT2D eigenvalue weighted by atomic mass is 16.3. The predicted octanol–water partition coefficient (Wildman–Crippen LogP) is -2.35. The van der Waals surface area contributed by atoms with Gasteiger partial charge >= 0.3 is 0 Å². The monoisotopic (exact) mass is 201 g/mol. The van der Waals surface area contributed by atoms with Crippen molar-refractivity contribution in [2.75, 3.05) is 20.1 Å². The van der Waals surface area contributed by atoms with E-state index in [1.165, 1.54) is 4.90 Å². The van der Waals surface area contributed by atoms with E-state index >= 15 is 0 Å². The van der Waals surface area contributed by atoms with Crippen molar-refractivity contribution in [1.29, 1.82) is 0 Å². The third-order valence-corrected chi connectivity index (χ3v) is 2.37. The van der Waals surface area contributed by atoms with E-state index in [1.54, 1.807) is 7.05 Å². The molecule has 2 atom stereocenters. The molecule has 1 heterocycles. The predicted molar refractivity (Wildman–Crippen MR) is 49.2 cm³/mol. The molecule has 0 aromatic carbocycles. The average Bonchev–Trinajstić information content (AvgIpc) is 2.47. The van der Waals surface area contributed by atoms with Crippen LogP contribution in [0.5, 0.6) is 0 Å². The number of hydrogen-bond acceptors (Lipinski definition) is 4. The summed E-state index contributed by atoms with van der Waals surface area (Å²) in [5, 5.41) is 12.0. The topological polar surface area (TPSA) is 95.7 Å². The number of likely N-dealkylation sites (tertiary alicyclic amines) is 1. The normalized spacial score (nSPS) is 24.0. The van der Waals surface area contributed by atoms with Gasteiger partial charge < -0.3 is 21.1 Å². The van der Waals surface area contributed by atoms with Crippen LogP contribution in [0.25, 0.3) is 0 Å². The number of carbonyl (C=O) groups is 2. The van der Waals surface area contributed by atoms with E-state index in [0.717, 1.165) is 0 Å². The Morgan fingerprint density at radius 2 is 2.50 bits per heavy atom. The highest BCUT2D eigenvalue weighted by Gasteiger charge is 2.32. The molecular weight excluding hydrogens is 186 g/mol. The van der Waals surface area contributed by atoms with Gasteiger partial charge in [0.25, 0.3) is 0 Å². The zero-order valence-electron chi connectivity index (χ0n) is 8.06. The van der Waals surface area contributed by atoms with Crippen molar-refractivity contribution in [3.05, 3.63) is 0 Å². The van der Waals surface area contributed by atoms with E-state index in [0.29, 0.717) is 13.0 Å². The summed E-state index contributed by atoms with van der Waals surface area (Å²) in [5.41, 5.74) is 4.88. The molecule has 0 aromatic rings. The summed E-state index contributed by atoms with van der Waals surface area (Å²) in [6, 6.07) is -0.199. The molecule has 6 heteroatoms. The Hall–Kier alpha value is -1.14. The van der Waals surface area contributed by atoms with Crippen LogP contribution in [0.3, 0.4) is 0 Å². The lowest BCUT2D eigenvalue weighted by molar-refractivity contribution is -0.133. The quantitative estimate of drug-likeness (QED) is 0.474. The van der Waals surface area contributed by atoms with E-state index in [1.807, 2.05) is 0 Å². The van der Waals surface area contributed by atoms with Crippen molar-refractivity contribution in [2.24, 2.45) is 5.73 Å². The van der Waals surface area contributed by atoms with Crippen molar-refractivity contribution >= 4 is 11.8 Å². The molecule has 80 valence electrons.